The van der Waals surface area contributed by atoms with Gasteiger partial charge >= 0.3 is 5.97 Å². The summed E-state index contributed by atoms with van der Waals surface area (Å²) in [5, 5.41) is 11.8. The minimum atomic E-state index is -0.338. The van der Waals surface area contributed by atoms with E-state index in [2.05, 4.69) is 16.8 Å². The van der Waals surface area contributed by atoms with E-state index in [9.17, 15) is 9.18 Å². The highest BCUT2D eigenvalue weighted by Crippen LogP contribution is 2.43. The summed E-state index contributed by atoms with van der Waals surface area (Å²) in [7, 11) is 1.99. The van der Waals surface area contributed by atoms with Gasteiger partial charge in [-0.15, -0.1) is 0 Å². The van der Waals surface area contributed by atoms with Crippen LogP contribution < -0.4 is 10.1 Å². The average Bonchev–Trinajstić information content (AvgIpc) is 3.48. The molecule has 6 rings (SSSR count). The highest BCUT2D eigenvalue weighted by Gasteiger charge is 2.29. The number of halogens is 2. The zero-order chi connectivity index (χ0) is 30.8. The Bertz CT molecular complexity index is 1840. The fourth-order valence-corrected chi connectivity index (χ4v) is 6.85. The van der Waals surface area contributed by atoms with Crippen LogP contribution in [0.1, 0.15) is 54.1 Å². The summed E-state index contributed by atoms with van der Waals surface area (Å²) in [6.45, 7) is 6.83. The van der Waals surface area contributed by atoms with Crippen LogP contribution in [0.25, 0.3) is 32.8 Å². The number of carbonyl (C=O) groups is 1. The van der Waals surface area contributed by atoms with Crippen LogP contribution in [0.4, 0.5) is 4.39 Å². The maximum absolute atomic E-state index is 13.8. The van der Waals surface area contributed by atoms with Gasteiger partial charge < -0.3 is 19.4 Å². The molecular formula is C35H38ClFN4O3. The second kappa shape index (κ2) is 13.0. The second-order valence-electron chi connectivity index (χ2n) is 11.2. The number of fused-ring (bicyclic) bond motifs is 3. The largest absolute Gasteiger partial charge is 0.493 e. The topological polar surface area (TPSA) is 70.3 Å². The Kier molecular flexibility index (Phi) is 8.91. The van der Waals surface area contributed by atoms with Crippen molar-refractivity contribution in [2.24, 2.45) is 7.05 Å². The van der Waals surface area contributed by atoms with Gasteiger partial charge in [0, 0.05) is 47.7 Å². The van der Waals surface area contributed by atoms with Crippen LogP contribution in [-0.2, 0) is 37.6 Å². The lowest BCUT2D eigenvalue weighted by atomic mass is 9.96. The number of aromatic nitrogens is 3. The van der Waals surface area contributed by atoms with Gasteiger partial charge in [-0.25, -0.2) is 9.18 Å². The van der Waals surface area contributed by atoms with Gasteiger partial charge in [-0.05, 0) is 86.9 Å². The molecule has 1 aliphatic rings. The summed E-state index contributed by atoms with van der Waals surface area (Å²) < 4.78 is 29.7. The lowest BCUT2D eigenvalue weighted by Crippen LogP contribution is -2.24. The second-order valence-corrected chi connectivity index (χ2v) is 11.6. The fourth-order valence-electron chi connectivity index (χ4n) is 6.61. The summed E-state index contributed by atoms with van der Waals surface area (Å²) in [6, 6.07) is 14.3. The Balaban J connectivity index is 1.45. The van der Waals surface area contributed by atoms with Crippen molar-refractivity contribution in [3.63, 3.8) is 0 Å². The minimum Gasteiger partial charge on any atom is -0.493 e. The van der Waals surface area contributed by atoms with Gasteiger partial charge in [0.05, 0.1) is 29.4 Å². The molecular weight excluding hydrogens is 579 g/mol. The monoisotopic (exact) mass is 616 g/mol. The van der Waals surface area contributed by atoms with E-state index in [0.29, 0.717) is 49.0 Å². The minimum absolute atomic E-state index is 0.275. The van der Waals surface area contributed by atoms with E-state index in [1.807, 2.05) is 49.0 Å². The predicted octanol–water partition coefficient (Wildman–Crippen LogP) is 7.27. The Morgan fingerprint density at radius 1 is 1.09 bits per heavy atom. The number of rotatable bonds is 8. The van der Waals surface area contributed by atoms with Crippen LogP contribution >= 0.6 is 11.6 Å². The first-order valence-corrected chi connectivity index (χ1v) is 15.9. The maximum Gasteiger partial charge on any atom is 0.355 e. The van der Waals surface area contributed by atoms with E-state index in [-0.39, 0.29) is 18.4 Å². The van der Waals surface area contributed by atoms with Crippen molar-refractivity contribution in [1.82, 2.24) is 19.7 Å². The molecule has 0 saturated carbocycles. The number of benzene rings is 3. The lowest BCUT2D eigenvalue weighted by molar-refractivity contribution is 0.0513. The number of esters is 1. The van der Waals surface area contributed by atoms with Gasteiger partial charge in [0.25, 0.3) is 0 Å². The molecule has 2 aromatic heterocycles. The molecule has 0 fully saturated rings. The molecule has 230 valence electrons. The van der Waals surface area contributed by atoms with Gasteiger partial charge in [-0.3, -0.25) is 4.68 Å². The Morgan fingerprint density at radius 2 is 1.93 bits per heavy atom. The van der Waals surface area contributed by atoms with Crippen molar-refractivity contribution in [2.75, 3.05) is 26.3 Å². The first kappa shape index (κ1) is 30.2. The van der Waals surface area contributed by atoms with E-state index in [1.165, 1.54) is 12.1 Å². The molecule has 0 atom stereocenters. The first-order valence-electron chi connectivity index (χ1n) is 15.5. The summed E-state index contributed by atoms with van der Waals surface area (Å²) in [4.78, 5) is 13.7. The zero-order valence-electron chi connectivity index (χ0n) is 25.5. The molecule has 7 nitrogen and oxygen atoms in total. The molecule has 3 heterocycles. The van der Waals surface area contributed by atoms with E-state index < -0.39 is 0 Å². The van der Waals surface area contributed by atoms with E-state index >= 15 is 0 Å². The number of hydrogen-bond acceptors (Lipinski definition) is 5. The molecule has 3 aromatic carbocycles. The summed E-state index contributed by atoms with van der Waals surface area (Å²) >= 11 is 7.06. The maximum atomic E-state index is 13.8. The van der Waals surface area contributed by atoms with Crippen LogP contribution in [0.2, 0.25) is 5.02 Å². The number of aryl methyl sites for hydroxylation is 3. The Hall–Kier alpha value is -3.88. The Morgan fingerprint density at radius 3 is 2.75 bits per heavy atom. The van der Waals surface area contributed by atoms with Gasteiger partial charge in [0.15, 0.2) is 0 Å². The third-order valence-corrected chi connectivity index (χ3v) is 8.80. The molecule has 0 amide bonds. The predicted molar refractivity (Wildman–Crippen MR) is 173 cm³/mol. The molecule has 0 radical (unpaired) electrons. The normalized spacial score (nSPS) is 13.6. The molecule has 9 heteroatoms. The van der Waals surface area contributed by atoms with Crippen LogP contribution in [0.15, 0.2) is 48.5 Å². The van der Waals surface area contributed by atoms with Crippen LogP contribution in [0.5, 0.6) is 5.75 Å². The SMILES string of the molecule is CCOC(=O)c1c(CCCOc2cccc3cc(F)ccc23)c2ccc(Cl)c3c2n1CCNCCCc1nn(C)c(CC)c1-3. The Labute approximate surface area is 261 Å². The molecule has 0 aliphatic carbocycles. The van der Waals surface area contributed by atoms with Gasteiger partial charge in [0.2, 0.25) is 0 Å². The molecule has 5 aromatic rings. The fraction of sp³-hybridized carbons (Fsp3) is 0.371. The highest BCUT2D eigenvalue weighted by molar-refractivity contribution is 6.35. The summed E-state index contributed by atoms with van der Waals surface area (Å²) in [5.74, 6) is 0.0961. The van der Waals surface area contributed by atoms with Crippen molar-refractivity contribution in [2.45, 2.75) is 52.5 Å². The number of nitrogens with zero attached hydrogens (tertiary/aromatic N) is 3. The first-order chi connectivity index (χ1) is 21.4. The molecule has 1 N–H and O–H groups in total. The summed E-state index contributed by atoms with van der Waals surface area (Å²) in [6.07, 6.45) is 3.86. The molecule has 0 unspecified atom stereocenters. The van der Waals surface area contributed by atoms with E-state index in [0.717, 1.165) is 75.6 Å². The molecule has 1 aliphatic heterocycles. The molecule has 0 bridgehead atoms. The standard InChI is InChI=1S/C35H38ClFN4O3/c1-4-29-32-28(39-40(29)3)11-7-17-38-18-19-41-33-26(15-16-27(36)31(32)33)25(34(41)35(42)43-5-2)10-8-20-44-30-12-6-9-22-21-23(37)13-14-24(22)30/h6,9,12-16,21,38H,4-5,7-8,10-11,17-20H2,1-3H3. The van der Waals surface area contributed by atoms with Crippen LogP contribution in [0, 0.1) is 5.82 Å². The number of nitrogens with one attached hydrogen (secondary N) is 1. The van der Waals surface area contributed by atoms with Crippen LogP contribution in [0.3, 0.4) is 0 Å². The number of hydrogen-bond donors (Lipinski definition) is 1. The average molecular weight is 617 g/mol. The lowest BCUT2D eigenvalue weighted by Gasteiger charge is -2.15. The van der Waals surface area contributed by atoms with Crippen molar-refractivity contribution in [3.8, 4) is 16.9 Å². The zero-order valence-corrected chi connectivity index (χ0v) is 26.3. The third-order valence-electron chi connectivity index (χ3n) is 8.48. The van der Waals surface area contributed by atoms with Crippen molar-refractivity contribution >= 4 is 39.2 Å². The molecule has 44 heavy (non-hydrogen) atoms. The number of carbonyl (C=O) groups excluding carboxylic acids is 1. The molecule has 0 spiro atoms. The quantitative estimate of drug-likeness (QED) is 0.147. The summed E-state index contributed by atoms with van der Waals surface area (Å²) in [5.41, 5.74) is 6.59. The van der Waals surface area contributed by atoms with Gasteiger partial charge in [-0.2, -0.15) is 5.10 Å². The van der Waals surface area contributed by atoms with Crippen molar-refractivity contribution < 1.29 is 18.7 Å². The smallest absolute Gasteiger partial charge is 0.355 e. The van der Waals surface area contributed by atoms with Gasteiger partial charge in [0.1, 0.15) is 17.3 Å². The van der Waals surface area contributed by atoms with Crippen molar-refractivity contribution in [1.29, 1.82) is 0 Å². The highest BCUT2D eigenvalue weighted by atomic mass is 35.5. The van der Waals surface area contributed by atoms with E-state index in [1.54, 1.807) is 6.07 Å². The molecule has 0 saturated heterocycles. The van der Waals surface area contributed by atoms with Crippen molar-refractivity contribution in [3.05, 3.63) is 82.0 Å². The van der Waals surface area contributed by atoms with Crippen LogP contribution in [-0.4, -0.2) is 46.6 Å². The van der Waals surface area contributed by atoms with E-state index in [4.69, 9.17) is 26.2 Å². The van der Waals surface area contributed by atoms with Gasteiger partial charge in [-0.1, -0.05) is 36.7 Å². The number of ether oxygens (including phenoxy) is 2. The third kappa shape index (κ3) is 5.57.